The first-order valence-corrected chi connectivity index (χ1v) is 9.60. The lowest BCUT2D eigenvalue weighted by molar-refractivity contribution is 0.375. The van der Waals surface area contributed by atoms with Crippen LogP contribution in [0.5, 0.6) is 0 Å². The molecule has 1 fully saturated rings. The van der Waals surface area contributed by atoms with E-state index in [4.69, 9.17) is 0 Å². The molecule has 0 spiro atoms. The number of thiazole rings is 1. The first-order chi connectivity index (χ1) is 12.2. The minimum absolute atomic E-state index is 0. The third kappa shape index (κ3) is 5.54. The predicted octanol–water partition coefficient (Wildman–Crippen LogP) is 4.63. The molecule has 0 radical (unpaired) electrons. The van der Waals surface area contributed by atoms with E-state index >= 15 is 0 Å². The molecule has 1 saturated heterocycles. The van der Waals surface area contributed by atoms with Crippen molar-refractivity contribution in [3.63, 3.8) is 0 Å². The maximum absolute atomic E-state index is 4.59. The standard InChI is InChI=1S/C20H26N4S.HI/c1-15-16(2)25-19(23-15)14-22-20(21-3)24-11-9-18(10-12-24)13-17-7-5-4-6-8-17;/h4-8,13H,9-12,14H2,1-3H3,(H,21,22);1H. The summed E-state index contributed by atoms with van der Waals surface area (Å²) in [5.41, 5.74) is 3.94. The van der Waals surface area contributed by atoms with Gasteiger partial charge in [-0.15, -0.1) is 35.3 Å². The molecular weight excluding hydrogens is 455 g/mol. The van der Waals surface area contributed by atoms with Crippen molar-refractivity contribution in [2.45, 2.75) is 33.2 Å². The topological polar surface area (TPSA) is 40.5 Å². The van der Waals surface area contributed by atoms with Crippen LogP contribution in [0.4, 0.5) is 0 Å². The Kier molecular flexibility index (Phi) is 8.09. The number of aliphatic imine (C=N–C) groups is 1. The lowest BCUT2D eigenvalue weighted by atomic mass is 10.0. The molecule has 6 heteroatoms. The van der Waals surface area contributed by atoms with Gasteiger partial charge in [-0.1, -0.05) is 42.0 Å². The minimum atomic E-state index is 0. The highest BCUT2D eigenvalue weighted by molar-refractivity contribution is 14.0. The summed E-state index contributed by atoms with van der Waals surface area (Å²) in [4.78, 5) is 12.7. The molecule has 26 heavy (non-hydrogen) atoms. The summed E-state index contributed by atoms with van der Waals surface area (Å²) in [5, 5.41) is 4.59. The zero-order valence-corrected chi connectivity index (χ0v) is 18.8. The number of hydrogen-bond acceptors (Lipinski definition) is 3. The highest BCUT2D eigenvalue weighted by atomic mass is 127. The summed E-state index contributed by atoms with van der Waals surface area (Å²) >= 11 is 1.76. The van der Waals surface area contributed by atoms with Gasteiger partial charge in [-0.3, -0.25) is 4.99 Å². The Morgan fingerprint density at radius 3 is 2.50 bits per heavy atom. The third-order valence-electron chi connectivity index (χ3n) is 4.56. The number of nitrogens with zero attached hydrogens (tertiary/aromatic N) is 3. The Labute approximate surface area is 177 Å². The zero-order chi connectivity index (χ0) is 17.6. The second kappa shape index (κ2) is 10.1. The van der Waals surface area contributed by atoms with Crippen LogP contribution in [-0.2, 0) is 6.54 Å². The molecule has 1 aliphatic heterocycles. The van der Waals surface area contributed by atoms with Crippen molar-refractivity contribution in [3.8, 4) is 0 Å². The molecule has 0 bridgehead atoms. The largest absolute Gasteiger partial charge is 0.350 e. The summed E-state index contributed by atoms with van der Waals surface area (Å²) in [5.74, 6) is 0.976. The van der Waals surface area contributed by atoms with Gasteiger partial charge < -0.3 is 10.2 Å². The molecule has 0 unspecified atom stereocenters. The molecule has 1 N–H and O–H groups in total. The van der Waals surface area contributed by atoms with E-state index < -0.39 is 0 Å². The highest BCUT2D eigenvalue weighted by Gasteiger charge is 2.17. The Hall–Kier alpha value is -1.41. The molecule has 0 aliphatic carbocycles. The van der Waals surface area contributed by atoms with Crippen LogP contribution in [0.1, 0.15) is 34.0 Å². The van der Waals surface area contributed by atoms with E-state index in [-0.39, 0.29) is 24.0 Å². The van der Waals surface area contributed by atoms with Crippen molar-refractivity contribution < 1.29 is 0 Å². The molecule has 2 heterocycles. The van der Waals surface area contributed by atoms with Crippen LogP contribution in [-0.4, -0.2) is 36.0 Å². The smallest absolute Gasteiger partial charge is 0.194 e. The molecule has 1 aromatic carbocycles. The molecule has 0 saturated carbocycles. The highest BCUT2D eigenvalue weighted by Crippen LogP contribution is 2.20. The Balaban J connectivity index is 0.00000243. The normalized spacial score (nSPS) is 14.8. The van der Waals surface area contributed by atoms with E-state index in [9.17, 15) is 0 Å². The first kappa shape index (κ1) is 20.9. The van der Waals surface area contributed by atoms with Gasteiger partial charge in [0.05, 0.1) is 12.2 Å². The van der Waals surface area contributed by atoms with Crippen LogP contribution in [0.25, 0.3) is 6.08 Å². The number of nitrogens with one attached hydrogen (secondary N) is 1. The van der Waals surface area contributed by atoms with Crippen molar-refractivity contribution in [1.82, 2.24) is 15.2 Å². The Bertz CT molecular complexity index is 738. The predicted molar refractivity (Wildman–Crippen MR) is 122 cm³/mol. The van der Waals surface area contributed by atoms with Crippen LogP contribution >= 0.6 is 35.3 Å². The molecule has 0 amide bonds. The maximum atomic E-state index is 4.59. The van der Waals surface area contributed by atoms with E-state index in [0.717, 1.165) is 49.1 Å². The quantitative estimate of drug-likeness (QED) is 0.394. The lowest BCUT2D eigenvalue weighted by Gasteiger charge is -2.31. The lowest BCUT2D eigenvalue weighted by Crippen LogP contribution is -2.44. The first-order valence-electron chi connectivity index (χ1n) is 8.78. The average Bonchev–Trinajstić information content (AvgIpc) is 2.95. The number of aromatic nitrogens is 1. The van der Waals surface area contributed by atoms with Crippen molar-refractivity contribution in [2.24, 2.45) is 4.99 Å². The van der Waals surface area contributed by atoms with Crippen molar-refractivity contribution >= 4 is 47.3 Å². The maximum Gasteiger partial charge on any atom is 0.194 e. The Morgan fingerprint density at radius 1 is 1.23 bits per heavy atom. The summed E-state index contributed by atoms with van der Waals surface area (Å²) in [6.45, 7) is 6.95. The minimum Gasteiger partial charge on any atom is -0.350 e. The molecule has 1 aliphatic rings. The molecule has 4 nitrogen and oxygen atoms in total. The number of halogens is 1. The van der Waals surface area contributed by atoms with Gasteiger partial charge in [0, 0.05) is 25.0 Å². The van der Waals surface area contributed by atoms with Crippen LogP contribution in [0, 0.1) is 13.8 Å². The van der Waals surface area contributed by atoms with Crippen LogP contribution < -0.4 is 5.32 Å². The third-order valence-corrected chi connectivity index (χ3v) is 5.63. The number of piperidine rings is 1. The van der Waals surface area contributed by atoms with E-state index in [1.807, 2.05) is 7.05 Å². The molecule has 0 atom stereocenters. The van der Waals surface area contributed by atoms with Crippen molar-refractivity contribution in [2.75, 3.05) is 20.1 Å². The van der Waals surface area contributed by atoms with E-state index in [0.29, 0.717) is 0 Å². The number of aryl methyl sites for hydroxylation is 2. The summed E-state index contributed by atoms with van der Waals surface area (Å²) in [6, 6.07) is 10.6. The molecular formula is C20H27IN4S. The average molecular weight is 482 g/mol. The monoisotopic (exact) mass is 482 g/mol. The number of likely N-dealkylation sites (tertiary alicyclic amines) is 1. The van der Waals surface area contributed by atoms with E-state index in [2.05, 4.69) is 70.4 Å². The second-order valence-corrected chi connectivity index (χ2v) is 7.64. The van der Waals surface area contributed by atoms with Crippen LogP contribution in [0.15, 0.2) is 40.9 Å². The number of guanidine groups is 1. The molecule has 2 aromatic rings. The number of benzene rings is 1. The summed E-state index contributed by atoms with van der Waals surface area (Å²) in [6.07, 6.45) is 4.50. The van der Waals surface area contributed by atoms with Gasteiger partial charge in [0.2, 0.25) is 0 Å². The van der Waals surface area contributed by atoms with Gasteiger partial charge in [-0.2, -0.15) is 0 Å². The van der Waals surface area contributed by atoms with Gasteiger partial charge in [-0.25, -0.2) is 4.98 Å². The summed E-state index contributed by atoms with van der Waals surface area (Å²) in [7, 11) is 1.86. The van der Waals surface area contributed by atoms with Gasteiger partial charge in [-0.05, 0) is 32.3 Å². The summed E-state index contributed by atoms with van der Waals surface area (Å²) < 4.78 is 0. The number of hydrogen-bond donors (Lipinski definition) is 1. The van der Waals surface area contributed by atoms with Crippen LogP contribution in [0.2, 0.25) is 0 Å². The number of rotatable bonds is 3. The fourth-order valence-electron chi connectivity index (χ4n) is 3.04. The van der Waals surface area contributed by atoms with Gasteiger partial charge in [0.1, 0.15) is 5.01 Å². The second-order valence-electron chi connectivity index (χ2n) is 6.35. The fourth-order valence-corrected chi connectivity index (χ4v) is 3.91. The van der Waals surface area contributed by atoms with Crippen LogP contribution in [0.3, 0.4) is 0 Å². The van der Waals surface area contributed by atoms with Crippen molar-refractivity contribution in [3.05, 3.63) is 57.0 Å². The van der Waals surface area contributed by atoms with Gasteiger partial charge in [0.15, 0.2) is 5.96 Å². The SMILES string of the molecule is CN=C(NCc1nc(C)c(C)s1)N1CCC(=Cc2ccccc2)CC1.I. The zero-order valence-electron chi connectivity index (χ0n) is 15.7. The Morgan fingerprint density at radius 2 is 1.92 bits per heavy atom. The van der Waals surface area contributed by atoms with Gasteiger partial charge >= 0.3 is 0 Å². The fraction of sp³-hybridized carbons (Fsp3) is 0.400. The van der Waals surface area contributed by atoms with Gasteiger partial charge in [0.25, 0.3) is 0 Å². The molecule has 140 valence electrons. The van der Waals surface area contributed by atoms with E-state index in [1.54, 1.807) is 11.3 Å². The molecule has 1 aromatic heterocycles. The molecule has 3 rings (SSSR count). The van der Waals surface area contributed by atoms with E-state index in [1.165, 1.54) is 16.0 Å². The van der Waals surface area contributed by atoms with Crippen molar-refractivity contribution in [1.29, 1.82) is 0 Å².